The van der Waals surface area contributed by atoms with Crippen LogP contribution in [0.1, 0.15) is 46.3 Å². The molecule has 0 unspecified atom stereocenters. The summed E-state index contributed by atoms with van der Waals surface area (Å²) in [6, 6.07) is 15.1. The fraction of sp³-hybridized carbons (Fsp3) is 0.345. The predicted molar refractivity (Wildman–Crippen MR) is 151 cm³/mol. The van der Waals surface area contributed by atoms with E-state index in [1.54, 1.807) is 11.6 Å². The van der Waals surface area contributed by atoms with Crippen molar-refractivity contribution in [3.8, 4) is 5.75 Å². The van der Waals surface area contributed by atoms with Gasteiger partial charge < -0.3 is 4.74 Å². The van der Waals surface area contributed by atoms with Gasteiger partial charge in [-0.25, -0.2) is 4.98 Å². The van der Waals surface area contributed by atoms with Gasteiger partial charge in [-0.2, -0.15) is 0 Å². The standard InChI is InChI=1S/C29H31N3O3S2/c1-20-18-36-27-25(20)28(34)31(2)29(30-27)37-19-21-6-8-22(9-7-21)26(33)23-10-12-24(13-11-23)35-17-16-32-14-4-3-5-15-32/h6-13,18H,3-5,14-17,19H2,1-2H3. The Morgan fingerprint density at radius 1 is 1.03 bits per heavy atom. The number of nitrogens with zero attached hydrogens (tertiary/aromatic N) is 3. The lowest BCUT2D eigenvalue weighted by Crippen LogP contribution is -2.33. The van der Waals surface area contributed by atoms with Crippen LogP contribution in [0.15, 0.2) is 63.9 Å². The lowest BCUT2D eigenvalue weighted by atomic mass is 10.0. The number of benzene rings is 2. The topological polar surface area (TPSA) is 64.4 Å². The van der Waals surface area contributed by atoms with Crippen LogP contribution in [0.25, 0.3) is 10.2 Å². The van der Waals surface area contributed by atoms with Crippen molar-refractivity contribution in [3.63, 3.8) is 0 Å². The van der Waals surface area contributed by atoms with Crippen molar-refractivity contribution in [3.05, 3.63) is 86.5 Å². The minimum absolute atomic E-state index is 0.00869. The van der Waals surface area contributed by atoms with Crippen molar-refractivity contribution >= 4 is 39.1 Å². The Balaban J connectivity index is 1.16. The SMILES string of the molecule is Cc1csc2nc(SCc3ccc(C(=O)c4ccc(OCCN5CCCCC5)cc4)cc3)n(C)c(=O)c12. The third kappa shape index (κ3) is 5.98. The molecule has 0 spiro atoms. The molecule has 0 aliphatic carbocycles. The van der Waals surface area contributed by atoms with E-state index in [2.05, 4.69) is 9.88 Å². The second kappa shape index (κ2) is 11.6. The highest BCUT2D eigenvalue weighted by Crippen LogP contribution is 2.26. The number of carbonyl (C=O) groups excluding carboxylic acids is 1. The molecule has 37 heavy (non-hydrogen) atoms. The zero-order valence-corrected chi connectivity index (χ0v) is 22.9. The van der Waals surface area contributed by atoms with Crippen molar-refractivity contribution < 1.29 is 9.53 Å². The third-order valence-electron chi connectivity index (χ3n) is 6.78. The van der Waals surface area contributed by atoms with Gasteiger partial charge in [-0.1, -0.05) is 42.4 Å². The maximum absolute atomic E-state index is 13.0. The van der Waals surface area contributed by atoms with Crippen molar-refractivity contribution in [2.75, 3.05) is 26.2 Å². The van der Waals surface area contributed by atoms with E-state index in [-0.39, 0.29) is 11.3 Å². The minimum Gasteiger partial charge on any atom is -0.492 e. The first kappa shape index (κ1) is 25.7. The molecule has 1 saturated heterocycles. The summed E-state index contributed by atoms with van der Waals surface area (Å²) in [4.78, 5) is 33.6. The summed E-state index contributed by atoms with van der Waals surface area (Å²) in [5.74, 6) is 1.44. The van der Waals surface area contributed by atoms with Gasteiger partial charge in [0.05, 0.1) is 5.39 Å². The Hall–Kier alpha value is -2.94. The number of thioether (sulfide) groups is 1. The third-order valence-corrected chi connectivity index (χ3v) is 8.87. The van der Waals surface area contributed by atoms with Crippen molar-refractivity contribution in [1.29, 1.82) is 0 Å². The lowest BCUT2D eigenvalue weighted by Gasteiger charge is -2.26. The average molecular weight is 534 g/mol. The maximum Gasteiger partial charge on any atom is 0.262 e. The lowest BCUT2D eigenvalue weighted by molar-refractivity contribution is 0.103. The van der Waals surface area contributed by atoms with E-state index < -0.39 is 0 Å². The molecular formula is C29H31N3O3S2. The summed E-state index contributed by atoms with van der Waals surface area (Å²) in [7, 11) is 1.76. The van der Waals surface area contributed by atoms with E-state index >= 15 is 0 Å². The molecule has 0 atom stereocenters. The smallest absolute Gasteiger partial charge is 0.262 e. The van der Waals surface area contributed by atoms with Gasteiger partial charge in [-0.05, 0) is 73.6 Å². The highest BCUT2D eigenvalue weighted by molar-refractivity contribution is 7.98. The van der Waals surface area contributed by atoms with E-state index in [9.17, 15) is 9.59 Å². The Labute approximate surface area is 225 Å². The molecular weight excluding hydrogens is 502 g/mol. The molecule has 3 heterocycles. The normalized spacial score (nSPS) is 14.2. The number of hydrogen-bond acceptors (Lipinski definition) is 7. The van der Waals surface area contributed by atoms with Crippen LogP contribution in [0.2, 0.25) is 0 Å². The number of carbonyl (C=O) groups is 1. The Morgan fingerprint density at radius 2 is 1.70 bits per heavy atom. The Morgan fingerprint density at radius 3 is 2.41 bits per heavy atom. The van der Waals surface area contributed by atoms with Gasteiger partial charge in [0.1, 0.15) is 17.2 Å². The summed E-state index contributed by atoms with van der Waals surface area (Å²) in [5, 5.41) is 3.37. The molecule has 4 aromatic rings. The molecule has 6 nitrogen and oxygen atoms in total. The molecule has 2 aromatic carbocycles. The number of rotatable bonds is 9. The van der Waals surface area contributed by atoms with Crippen molar-refractivity contribution in [2.45, 2.75) is 37.1 Å². The number of fused-ring (bicyclic) bond motifs is 1. The number of aryl methyl sites for hydroxylation is 1. The maximum atomic E-state index is 13.0. The van der Waals surface area contributed by atoms with Crippen LogP contribution in [-0.2, 0) is 12.8 Å². The molecule has 192 valence electrons. The van der Waals surface area contributed by atoms with Gasteiger partial charge in [-0.15, -0.1) is 11.3 Å². The highest BCUT2D eigenvalue weighted by atomic mass is 32.2. The summed E-state index contributed by atoms with van der Waals surface area (Å²) in [5.41, 5.74) is 3.32. The first-order chi connectivity index (χ1) is 18.0. The number of likely N-dealkylation sites (tertiary alicyclic amines) is 1. The number of aromatic nitrogens is 2. The second-order valence-electron chi connectivity index (χ2n) is 9.45. The summed E-state index contributed by atoms with van der Waals surface area (Å²) in [6.45, 7) is 5.87. The summed E-state index contributed by atoms with van der Waals surface area (Å²) < 4.78 is 7.50. The number of hydrogen-bond donors (Lipinski definition) is 0. The van der Waals surface area contributed by atoms with Gasteiger partial charge in [-0.3, -0.25) is 19.1 Å². The fourth-order valence-electron chi connectivity index (χ4n) is 4.56. The van der Waals surface area contributed by atoms with Crippen LogP contribution in [0.5, 0.6) is 5.75 Å². The van der Waals surface area contributed by atoms with E-state index in [1.807, 2.05) is 60.8 Å². The fourth-order valence-corrected chi connectivity index (χ4v) is 6.45. The van der Waals surface area contributed by atoms with E-state index in [0.717, 1.165) is 41.3 Å². The molecule has 0 bridgehead atoms. The van der Waals surface area contributed by atoms with Gasteiger partial charge in [0.15, 0.2) is 10.9 Å². The average Bonchev–Trinajstić information content (AvgIpc) is 3.31. The van der Waals surface area contributed by atoms with Crippen molar-refractivity contribution in [2.24, 2.45) is 7.05 Å². The van der Waals surface area contributed by atoms with E-state index in [1.165, 1.54) is 42.4 Å². The number of ketones is 1. The minimum atomic E-state index is -0.0124. The first-order valence-corrected chi connectivity index (χ1v) is 14.5. The van der Waals surface area contributed by atoms with Crippen LogP contribution < -0.4 is 10.3 Å². The summed E-state index contributed by atoms with van der Waals surface area (Å²) in [6.07, 6.45) is 3.89. The highest BCUT2D eigenvalue weighted by Gasteiger charge is 2.14. The monoisotopic (exact) mass is 533 g/mol. The molecule has 1 fully saturated rings. The molecule has 5 rings (SSSR count). The van der Waals surface area contributed by atoms with Crippen molar-refractivity contribution in [1.82, 2.24) is 14.5 Å². The quantitative estimate of drug-likeness (QED) is 0.156. The molecule has 0 saturated carbocycles. The van der Waals surface area contributed by atoms with E-state index in [0.29, 0.717) is 34.0 Å². The van der Waals surface area contributed by atoms with Gasteiger partial charge in [0.25, 0.3) is 5.56 Å². The van der Waals surface area contributed by atoms with Crippen LogP contribution >= 0.6 is 23.1 Å². The van der Waals surface area contributed by atoms with Gasteiger partial charge >= 0.3 is 0 Å². The number of thiophene rings is 1. The Kier molecular flexibility index (Phi) is 8.08. The predicted octanol–water partition coefficient (Wildman–Crippen LogP) is 5.69. The molecule has 0 N–H and O–H groups in total. The largest absolute Gasteiger partial charge is 0.492 e. The first-order valence-electron chi connectivity index (χ1n) is 12.7. The molecule has 2 aromatic heterocycles. The van der Waals surface area contributed by atoms with E-state index in [4.69, 9.17) is 4.74 Å². The Bertz CT molecular complexity index is 1440. The molecule has 0 radical (unpaired) electrons. The summed E-state index contributed by atoms with van der Waals surface area (Å²) >= 11 is 3.02. The molecule has 1 aliphatic heterocycles. The van der Waals surface area contributed by atoms with Crippen LogP contribution in [0.4, 0.5) is 0 Å². The zero-order valence-electron chi connectivity index (χ0n) is 21.2. The van der Waals surface area contributed by atoms with Gasteiger partial charge in [0, 0.05) is 30.5 Å². The van der Waals surface area contributed by atoms with Crippen LogP contribution in [-0.4, -0.2) is 46.5 Å². The number of piperidine rings is 1. The molecule has 8 heteroatoms. The molecule has 0 amide bonds. The zero-order chi connectivity index (χ0) is 25.8. The van der Waals surface area contributed by atoms with Gasteiger partial charge in [0.2, 0.25) is 0 Å². The molecule has 1 aliphatic rings. The van der Waals surface area contributed by atoms with Crippen LogP contribution in [0, 0.1) is 6.92 Å². The second-order valence-corrected chi connectivity index (χ2v) is 11.2. The van der Waals surface area contributed by atoms with Crippen LogP contribution in [0.3, 0.4) is 0 Å². The number of ether oxygens (including phenoxy) is 1.